The molecule has 1 aromatic heterocycles. The highest BCUT2D eigenvalue weighted by atomic mass is 32.2. The van der Waals surface area contributed by atoms with Crippen molar-refractivity contribution in [2.24, 2.45) is 0 Å². The molecule has 0 saturated carbocycles. The fraction of sp³-hybridized carbons (Fsp3) is 0.0323. The molecular formula is C62H37NO2S. The van der Waals surface area contributed by atoms with E-state index in [0.717, 1.165) is 61.6 Å². The summed E-state index contributed by atoms with van der Waals surface area (Å²) in [6.07, 6.45) is 0. The SMILES string of the molecule is c1ccc2c(c1)Oc1ccccc1C21c2ccccc2-c2c(N(c3ccc4c(c3)oc3ccccc34)c3cccc4c3-c3ccccc3C43c4ccccc4Sc4ccccc43)cccc21. The maximum absolute atomic E-state index is 6.74. The summed E-state index contributed by atoms with van der Waals surface area (Å²) in [5, 5.41) is 2.21. The van der Waals surface area contributed by atoms with Crippen LogP contribution in [0.3, 0.4) is 0 Å². The van der Waals surface area contributed by atoms with Gasteiger partial charge in [-0.1, -0.05) is 176 Å². The van der Waals surface area contributed by atoms with Crippen LogP contribution in [0.2, 0.25) is 0 Å². The first-order valence-electron chi connectivity index (χ1n) is 22.7. The highest BCUT2D eigenvalue weighted by Crippen LogP contribution is 2.67. The number of nitrogens with zero attached hydrogens (tertiary/aromatic N) is 1. The molecule has 0 unspecified atom stereocenters. The minimum Gasteiger partial charge on any atom is -0.457 e. The van der Waals surface area contributed by atoms with E-state index in [4.69, 9.17) is 9.15 Å². The first-order valence-corrected chi connectivity index (χ1v) is 23.5. The van der Waals surface area contributed by atoms with Crippen molar-refractivity contribution in [3.05, 3.63) is 269 Å². The molecule has 0 amide bonds. The number of para-hydroxylation sites is 3. The number of anilines is 3. The van der Waals surface area contributed by atoms with Gasteiger partial charge in [-0.15, -0.1) is 0 Å². The van der Waals surface area contributed by atoms with Gasteiger partial charge >= 0.3 is 0 Å². The molecule has 0 N–H and O–H groups in total. The summed E-state index contributed by atoms with van der Waals surface area (Å²) in [5.41, 5.74) is 18.7. The molecule has 0 saturated heterocycles. The van der Waals surface area contributed by atoms with Gasteiger partial charge in [-0.3, -0.25) is 0 Å². The minimum absolute atomic E-state index is 0.528. The van der Waals surface area contributed by atoms with E-state index in [2.05, 4.69) is 223 Å². The van der Waals surface area contributed by atoms with Crippen LogP contribution in [0, 0.1) is 0 Å². The van der Waals surface area contributed by atoms with Crippen molar-refractivity contribution < 1.29 is 9.15 Å². The van der Waals surface area contributed by atoms with E-state index in [1.165, 1.54) is 65.4 Å². The van der Waals surface area contributed by atoms with Gasteiger partial charge in [-0.25, -0.2) is 0 Å². The third-order valence-corrected chi connectivity index (χ3v) is 16.0. The summed E-state index contributed by atoms with van der Waals surface area (Å²) in [6, 6.07) is 82.6. The Hall–Kier alpha value is -8.05. The van der Waals surface area contributed by atoms with E-state index < -0.39 is 10.8 Å². The summed E-state index contributed by atoms with van der Waals surface area (Å²) in [5.74, 6) is 1.76. The third-order valence-electron chi connectivity index (χ3n) is 14.8. The van der Waals surface area contributed by atoms with E-state index in [0.29, 0.717) is 0 Å². The number of benzene rings is 10. The van der Waals surface area contributed by atoms with Crippen molar-refractivity contribution in [3.8, 4) is 33.8 Å². The second kappa shape index (κ2) is 13.3. The fourth-order valence-corrected chi connectivity index (χ4v) is 13.6. The molecule has 3 nitrogen and oxygen atoms in total. The van der Waals surface area contributed by atoms with Crippen LogP contribution in [0.15, 0.2) is 239 Å². The standard InChI is InChI=1S/C62H37NO2S/c1-4-20-43-41(18-1)59-49(61(43)45-22-6-11-31-54(45)65-55-32-12-7-23-46(55)61)26-15-28-51(59)63(38-35-36-40-39-17-3-10-30-53(39)64-56(40)37-38)52-29-16-27-50-60(52)42-19-2-5-21-44(42)62(50)47-24-8-13-33-57(47)66-58-34-14-9-25-48(58)62/h1-37H. The van der Waals surface area contributed by atoms with Gasteiger partial charge in [-0.2, -0.15) is 0 Å². The number of hydrogen-bond donors (Lipinski definition) is 0. The van der Waals surface area contributed by atoms with Gasteiger partial charge in [0.2, 0.25) is 0 Å². The monoisotopic (exact) mass is 859 g/mol. The molecule has 0 atom stereocenters. The number of furan rings is 1. The predicted octanol–water partition coefficient (Wildman–Crippen LogP) is 16.4. The first kappa shape index (κ1) is 36.3. The number of rotatable bonds is 3. The average Bonchev–Trinajstić information content (AvgIpc) is 4.00. The Morgan fingerprint density at radius 3 is 1.41 bits per heavy atom. The number of hydrogen-bond acceptors (Lipinski definition) is 4. The molecule has 2 aliphatic carbocycles. The molecule has 10 aromatic carbocycles. The maximum Gasteiger partial charge on any atom is 0.137 e. The molecule has 66 heavy (non-hydrogen) atoms. The molecule has 11 aromatic rings. The lowest BCUT2D eigenvalue weighted by Gasteiger charge is -2.40. The summed E-state index contributed by atoms with van der Waals surface area (Å²) in [4.78, 5) is 5.11. The van der Waals surface area contributed by atoms with E-state index >= 15 is 0 Å². The second-order valence-corrected chi connectivity index (χ2v) is 18.9. The van der Waals surface area contributed by atoms with Crippen molar-refractivity contribution in [2.45, 2.75) is 20.6 Å². The second-order valence-electron chi connectivity index (χ2n) is 17.8. The molecule has 4 aliphatic rings. The zero-order valence-electron chi connectivity index (χ0n) is 35.5. The Labute approximate surface area is 386 Å². The summed E-state index contributed by atoms with van der Waals surface area (Å²) < 4.78 is 13.4. The summed E-state index contributed by atoms with van der Waals surface area (Å²) in [6.45, 7) is 0. The van der Waals surface area contributed by atoms with Crippen LogP contribution in [-0.2, 0) is 10.8 Å². The molecule has 0 fully saturated rings. The zero-order chi connectivity index (χ0) is 43.1. The van der Waals surface area contributed by atoms with Crippen LogP contribution in [0.4, 0.5) is 17.1 Å². The quantitative estimate of drug-likeness (QED) is 0.177. The highest BCUT2D eigenvalue weighted by molar-refractivity contribution is 7.99. The van der Waals surface area contributed by atoms with Gasteiger partial charge in [0.05, 0.1) is 22.2 Å². The summed E-state index contributed by atoms with van der Waals surface area (Å²) >= 11 is 1.88. The van der Waals surface area contributed by atoms with E-state index in [9.17, 15) is 0 Å². The minimum atomic E-state index is -0.621. The van der Waals surface area contributed by atoms with Crippen LogP contribution in [0.1, 0.15) is 44.5 Å². The lowest BCUT2D eigenvalue weighted by atomic mass is 9.66. The van der Waals surface area contributed by atoms with Crippen LogP contribution in [-0.4, -0.2) is 0 Å². The van der Waals surface area contributed by atoms with Gasteiger partial charge in [-0.05, 0) is 99.1 Å². The molecule has 2 spiro atoms. The molecule has 4 heteroatoms. The average molecular weight is 860 g/mol. The molecule has 15 rings (SSSR count). The molecule has 0 radical (unpaired) electrons. The third kappa shape index (κ3) is 4.49. The van der Waals surface area contributed by atoms with Gasteiger partial charge in [0.15, 0.2) is 0 Å². The van der Waals surface area contributed by atoms with Crippen molar-refractivity contribution in [3.63, 3.8) is 0 Å². The summed E-state index contributed by atoms with van der Waals surface area (Å²) in [7, 11) is 0. The Balaban J connectivity index is 1.07. The van der Waals surface area contributed by atoms with Crippen LogP contribution < -0.4 is 9.64 Å². The van der Waals surface area contributed by atoms with E-state index in [1.807, 2.05) is 17.8 Å². The van der Waals surface area contributed by atoms with Crippen molar-refractivity contribution in [2.75, 3.05) is 4.90 Å². The van der Waals surface area contributed by atoms with Crippen molar-refractivity contribution >= 4 is 50.8 Å². The molecule has 3 heterocycles. The van der Waals surface area contributed by atoms with Crippen molar-refractivity contribution in [1.29, 1.82) is 0 Å². The topological polar surface area (TPSA) is 25.6 Å². The molecule has 308 valence electrons. The Morgan fingerprint density at radius 2 is 0.803 bits per heavy atom. The van der Waals surface area contributed by atoms with Gasteiger partial charge in [0.25, 0.3) is 0 Å². The van der Waals surface area contributed by atoms with Crippen LogP contribution in [0.5, 0.6) is 11.5 Å². The molecule has 0 bridgehead atoms. The van der Waals surface area contributed by atoms with E-state index in [1.54, 1.807) is 0 Å². The Bertz CT molecular complexity index is 3590. The first-order chi connectivity index (χ1) is 32.7. The lowest BCUT2D eigenvalue weighted by Crippen LogP contribution is -2.32. The van der Waals surface area contributed by atoms with E-state index in [-0.39, 0.29) is 0 Å². The number of fused-ring (bicyclic) bond motifs is 21. The highest BCUT2D eigenvalue weighted by Gasteiger charge is 2.53. The number of ether oxygens (including phenoxy) is 1. The zero-order valence-corrected chi connectivity index (χ0v) is 36.4. The lowest BCUT2D eigenvalue weighted by molar-refractivity contribution is 0.436. The smallest absolute Gasteiger partial charge is 0.137 e. The molecular weight excluding hydrogens is 823 g/mol. The van der Waals surface area contributed by atoms with Gasteiger partial charge < -0.3 is 14.1 Å². The largest absolute Gasteiger partial charge is 0.457 e. The van der Waals surface area contributed by atoms with Crippen LogP contribution >= 0.6 is 11.8 Å². The molecule has 2 aliphatic heterocycles. The Kier molecular flexibility index (Phi) is 7.29. The van der Waals surface area contributed by atoms with Gasteiger partial charge in [0.1, 0.15) is 22.7 Å². The maximum atomic E-state index is 6.74. The normalized spacial score (nSPS) is 14.7. The van der Waals surface area contributed by atoms with Crippen LogP contribution in [0.25, 0.3) is 44.2 Å². The van der Waals surface area contributed by atoms with Gasteiger partial charge in [0, 0.05) is 54.6 Å². The fourth-order valence-electron chi connectivity index (χ4n) is 12.4. The Morgan fingerprint density at radius 1 is 0.348 bits per heavy atom. The van der Waals surface area contributed by atoms with Crippen molar-refractivity contribution in [1.82, 2.24) is 0 Å². The predicted molar refractivity (Wildman–Crippen MR) is 267 cm³/mol.